The zero-order valence-corrected chi connectivity index (χ0v) is 20.4. The molecule has 2 aliphatic rings. The third kappa shape index (κ3) is 4.88. The van der Waals surface area contributed by atoms with Crippen LogP contribution in [0, 0.1) is 0 Å². The maximum absolute atomic E-state index is 13.2. The van der Waals surface area contributed by atoms with Gasteiger partial charge in [-0.2, -0.15) is 0 Å². The van der Waals surface area contributed by atoms with Crippen LogP contribution in [0.4, 0.5) is 0 Å². The minimum absolute atomic E-state index is 0.0933. The van der Waals surface area contributed by atoms with Crippen molar-refractivity contribution in [3.05, 3.63) is 101 Å². The van der Waals surface area contributed by atoms with Gasteiger partial charge in [0.2, 0.25) is 0 Å². The molecule has 1 N–H and O–H groups in total. The molecule has 7 heteroatoms. The number of nitrogens with zero attached hydrogens (tertiary/aromatic N) is 2. The van der Waals surface area contributed by atoms with Gasteiger partial charge in [0.1, 0.15) is 12.3 Å². The van der Waals surface area contributed by atoms with Gasteiger partial charge in [-0.3, -0.25) is 19.3 Å². The highest BCUT2D eigenvalue weighted by molar-refractivity contribution is 6.22. The number of methoxy groups -OCH3 is 1. The number of carbonyl (C=O) groups is 3. The summed E-state index contributed by atoms with van der Waals surface area (Å²) < 4.78 is 5.22. The van der Waals surface area contributed by atoms with Crippen LogP contribution in [0.25, 0.3) is 0 Å². The van der Waals surface area contributed by atoms with Crippen LogP contribution >= 0.6 is 0 Å². The summed E-state index contributed by atoms with van der Waals surface area (Å²) in [5, 5.41) is 0. The smallest absolute Gasteiger partial charge is 0.261 e. The van der Waals surface area contributed by atoms with Gasteiger partial charge in [-0.05, 0) is 54.4 Å². The molecule has 0 spiro atoms. The first-order valence-electron chi connectivity index (χ1n) is 12.3. The fraction of sp³-hybridized carbons (Fsp3) is 0.276. The summed E-state index contributed by atoms with van der Waals surface area (Å²) in [5.74, 6) is 0.136. The van der Waals surface area contributed by atoms with Crippen molar-refractivity contribution >= 4 is 17.7 Å². The molecule has 2 heterocycles. The second-order valence-corrected chi connectivity index (χ2v) is 9.32. The second-order valence-electron chi connectivity index (χ2n) is 9.32. The molecule has 5 rings (SSSR count). The molecule has 0 aromatic heterocycles. The lowest BCUT2D eigenvalue weighted by molar-refractivity contribution is -0.917. The highest BCUT2D eigenvalue weighted by Crippen LogP contribution is 2.25. The molecule has 2 aliphatic heterocycles. The molecule has 3 aromatic carbocycles. The SMILES string of the molecule is COc1ccc(C[NH+]2CCN(C(=O)c3ccc4c(c3)C(=O)N(CCc3ccccc3)C4=O)CC2)cc1. The Morgan fingerprint density at radius 3 is 2.25 bits per heavy atom. The molecule has 1 fully saturated rings. The molecule has 3 aromatic rings. The average Bonchev–Trinajstić information content (AvgIpc) is 3.17. The highest BCUT2D eigenvalue weighted by Gasteiger charge is 2.36. The average molecular weight is 485 g/mol. The van der Waals surface area contributed by atoms with Gasteiger partial charge in [0, 0.05) is 17.7 Å². The quantitative estimate of drug-likeness (QED) is 0.522. The van der Waals surface area contributed by atoms with Crippen molar-refractivity contribution in [2.45, 2.75) is 13.0 Å². The van der Waals surface area contributed by atoms with Crippen LogP contribution in [0.5, 0.6) is 5.75 Å². The molecular weight excluding hydrogens is 454 g/mol. The molecule has 0 saturated carbocycles. The standard InChI is InChI=1S/C29H29N3O4/c1-36-24-10-7-22(8-11-24)20-30-15-17-31(18-16-30)27(33)23-9-12-25-26(19-23)29(35)32(28(25)34)14-13-21-5-3-2-4-6-21/h2-12,19H,13-18,20H2,1H3/p+1. The molecule has 184 valence electrons. The van der Waals surface area contributed by atoms with Crippen molar-refractivity contribution in [1.82, 2.24) is 9.80 Å². The molecule has 0 atom stereocenters. The van der Waals surface area contributed by atoms with Gasteiger partial charge < -0.3 is 14.5 Å². The van der Waals surface area contributed by atoms with E-state index in [1.165, 1.54) is 15.4 Å². The van der Waals surface area contributed by atoms with Crippen LogP contribution in [-0.4, -0.2) is 67.4 Å². The lowest BCUT2D eigenvalue weighted by atomic mass is 10.0. The van der Waals surface area contributed by atoms with Crippen molar-refractivity contribution < 1.29 is 24.0 Å². The van der Waals surface area contributed by atoms with E-state index in [1.54, 1.807) is 25.3 Å². The van der Waals surface area contributed by atoms with Crippen LogP contribution in [0.1, 0.15) is 42.2 Å². The maximum Gasteiger partial charge on any atom is 0.261 e. The number of nitrogens with one attached hydrogen (secondary N) is 1. The number of ether oxygens (including phenoxy) is 1. The van der Waals surface area contributed by atoms with E-state index >= 15 is 0 Å². The summed E-state index contributed by atoms with van der Waals surface area (Å²) in [4.78, 5) is 43.6. The number of hydrogen-bond donors (Lipinski definition) is 1. The van der Waals surface area contributed by atoms with Gasteiger partial charge in [-0.15, -0.1) is 0 Å². The van der Waals surface area contributed by atoms with E-state index in [1.807, 2.05) is 47.4 Å². The summed E-state index contributed by atoms with van der Waals surface area (Å²) in [7, 11) is 1.66. The van der Waals surface area contributed by atoms with Crippen molar-refractivity contribution in [2.75, 3.05) is 39.8 Å². The number of rotatable bonds is 7. The lowest BCUT2D eigenvalue weighted by Crippen LogP contribution is -3.13. The Kier molecular flexibility index (Phi) is 6.82. The third-order valence-corrected chi connectivity index (χ3v) is 7.06. The number of amides is 3. The Morgan fingerprint density at radius 2 is 1.56 bits per heavy atom. The van der Waals surface area contributed by atoms with Gasteiger partial charge in [0.05, 0.1) is 44.4 Å². The monoisotopic (exact) mass is 484 g/mol. The molecule has 0 bridgehead atoms. The topological polar surface area (TPSA) is 71.4 Å². The molecule has 36 heavy (non-hydrogen) atoms. The fourth-order valence-electron chi connectivity index (χ4n) is 4.93. The van der Waals surface area contributed by atoms with Gasteiger partial charge in [0.15, 0.2) is 0 Å². The Hall–Kier alpha value is -3.97. The molecular formula is C29H30N3O4+. The lowest BCUT2D eigenvalue weighted by Gasteiger charge is -2.32. The summed E-state index contributed by atoms with van der Waals surface area (Å²) in [6.07, 6.45) is 0.598. The van der Waals surface area contributed by atoms with Crippen LogP contribution < -0.4 is 9.64 Å². The van der Waals surface area contributed by atoms with Crippen molar-refractivity contribution in [2.24, 2.45) is 0 Å². The number of fused-ring (bicyclic) bond motifs is 1. The molecule has 3 amide bonds. The second kappa shape index (κ2) is 10.3. The van der Waals surface area contributed by atoms with Crippen LogP contribution in [0.2, 0.25) is 0 Å². The van der Waals surface area contributed by atoms with Crippen molar-refractivity contribution in [3.63, 3.8) is 0 Å². The highest BCUT2D eigenvalue weighted by atomic mass is 16.5. The number of piperazine rings is 1. The Labute approximate surface area is 210 Å². The number of quaternary nitrogens is 1. The molecule has 0 unspecified atom stereocenters. The number of imide groups is 1. The Balaban J connectivity index is 1.19. The van der Waals surface area contributed by atoms with Gasteiger partial charge in [-0.1, -0.05) is 30.3 Å². The van der Waals surface area contributed by atoms with Crippen LogP contribution in [0.15, 0.2) is 72.8 Å². The first-order valence-corrected chi connectivity index (χ1v) is 12.3. The number of benzene rings is 3. The first-order chi connectivity index (χ1) is 17.5. The molecule has 7 nitrogen and oxygen atoms in total. The first kappa shape index (κ1) is 23.8. The van der Waals surface area contributed by atoms with E-state index in [0.29, 0.717) is 42.7 Å². The van der Waals surface area contributed by atoms with Crippen LogP contribution in [-0.2, 0) is 13.0 Å². The third-order valence-electron chi connectivity index (χ3n) is 7.06. The minimum Gasteiger partial charge on any atom is -0.497 e. The van der Waals surface area contributed by atoms with Gasteiger partial charge in [0.25, 0.3) is 17.7 Å². The van der Waals surface area contributed by atoms with E-state index in [4.69, 9.17) is 4.74 Å². The molecule has 1 saturated heterocycles. The largest absolute Gasteiger partial charge is 0.497 e. The van der Waals surface area contributed by atoms with E-state index in [9.17, 15) is 14.4 Å². The molecule has 0 aliphatic carbocycles. The van der Waals surface area contributed by atoms with Crippen LogP contribution in [0.3, 0.4) is 0 Å². The Morgan fingerprint density at radius 1 is 0.861 bits per heavy atom. The van der Waals surface area contributed by atoms with E-state index < -0.39 is 0 Å². The van der Waals surface area contributed by atoms with E-state index in [2.05, 4.69) is 12.1 Å². The van der Waals surface area contributed by atoms with Gasteiger partial charge >= 0.3 is 0 Å². The number of carbonyl (C=O) groups excluding carboxylic acids is 3. The number of hydrogen-bond acceptors (Lipinski definition) is 4. The summed E-state index contributed by atoms with van der Waals surface area (Å²) in [6.45, 7) is 4.23. The zero-order valence-electron chi connectivity index (χ0n) is 20.4. The van der Waals surface area contributed by atoms with Crippen molar-refractivity contribution in [1.29, 1.82) is 0 Å². The zero-order chi connectivity index (χ0) is 25.1. The van der Waals surface area contributed by atoms with Crippen molar-refractivity contribution in [3.8, 4) is 5.75 Å². The summed E-state index contributed by atoms with van der Waals surface area (Å²) in [6, 6.07) is 22.8. The predicted octanol–water partition coefficient (Wildman–Crippen LogP) is 2.07. The Bertz CT molecular complexity index is 1270. The van der Waals surface area contributed by atoms with E-state index in [0.717, 1.165) is 30.9 Å². The molecule has 0 radical (unpaired) electrons. The maximum atomic E-state index is 13.2. The summed E-state index contributed by atoms with van der Waals surface area (Å²) in [5.41, 5.74) is 3.46. The van der Waals surface area contributed by atoms with E-state index in [-0.39, 0.29) is 17.7 Å². The fourth-order valence-corrected chi connectivity index (χ4v) is 4.93. The van der Waals surface area contributed by atoms with Gasteiger partial charge in [-0.25, -0.2) is 0 Å². The minimum atomic E-state index is -0.325. The normalized spacial score (nSPS) is 15.8. The summed E-state index contributed by atoms with van der Waals surface area (Å²) >= 11 is 0. The predicted molar refractivity (Wildman–Crippen MR) is 135 cm³/mol.